The third-order valence-electron chi connectivity index (χ3n) is 3.81. The molecule has 0 aliphatic heterocycles. The van der Waals surface area contributed by atoms with Gasteiger partial charge in [0, 0.05) is 30.5 Å². The van der Waals surface area contributed by atoms with Gasteiger partial charge in [-0.1, -0.05) is 6.92 Å². The van der Waals surface area contributed by atoms with Crippen molar-refractivity contribution in [3.63, 3.8) is 0 Å². The molecule has 0 radical (unpaired) electrons. The maximum atomic E-state index is 12.4. The normalized spacial score (nSPS) is 11.5. The fourth-order valence-electron chi connectivity index (χ4n) is 2.22. The summed E-state index contributed by atoms with van der Waals surface area (Å²) in [6, 6.07) is 1.52. The molecule has 8 nitrogen and oxygen atoms in total. The molecule has 1 rings (SSSR count). The average Bonchev–Trinajstić information content (AvgIpc) is 3.00. The van der Waals surface area contributed by atoms with E-state index in [1.807, 2.05) is 13.8 Å². The molecule has 156 valence electrons. The van der Waals surface area contributed by atoms with Crippen LogP contribution in [0.25, 0.3) is 0 Å². The average molecular weight is 540 g/mol. The Morgan fingerprint density at radius 1 is 1.14 bits per heavy atom. The third kappa shape index (κ3) is 8.27. The SMILES string of the molecule is CC[C@@H](CN(CC)C(=O)CNC(=O)CNC(C)=O)NC(=O)c1cc(Br)c(Br)s1. The summed E-state index contributed by atoms with van der Waals surface area (Å²) in [5.74, 6) is -1.21. The zero-order chi connectivity index (χ0) is 21.3. The summed E-state index contributed by atoms with van der Waals surface area (Å²) in [6.07, 6.45) is 0.651. The van der Waals surface area contributed by atoms with E-state index in [9.17, 15) is 19.2 Å². The van der Waals surface area contributed by atoms with Gasteiger partial charge in [-0.15, -0.1) is 11.3 Å². The first-order valence-electron chi connectivity index (χ1n) is 8.72. The highest BCUT2D eigenvalue weighted by Gasteiger charge is 2.20. The number of rotatable bonds is 10. The van der Waals surface area contributed by atoms with Crippen molar-refractivity contribution < 1.29 is 19.2 Å². The number of nitrogens with one attached hydrogen (secondary N) is 3. The number of thiophene rings is 1. The van der Waals surface area contributed by atoms with Gasteiger partial charge in [0.2, 0.25) is 17.7 Å². The molecule has 0 spiro atoms. The van der Waals surface area contributed by atoms with Crippen LogP contribution in [0.1, 0.15) is 36.9 Å². The van der Waals surface area contributed by atoms with Gasteiger partial charge in [-0.2, -0.15) is 0 Å². The van der Waals surface area contributed by atoms with E-state index in [2.05, 4.69) is 47.8 Å². The minimum absolute atomic E-state index is 0.165. The highest BCUT2D eigenvalue weighted by Crippen LogP contribution is 2.32. The topological polar surface area (TPSA) is 108 Å². The second-order valence-corrected chi connectivity index (χ2v) is 9.15. The van der Waals surface area contributed by atoms with Crippen molar-refractivity contribution >= 4 is 66.8 Å². The fraction of sp³-hybridized carbons (Fsp3) is 0.529. The van der Waals surface area contributed by atoms with E-state index >= 15 is 0 Å². The van der Waals surface area contributed by atoms with E-state index in [1.54, 1.807) is 11.0 Å². The van der Waals surface area contributed by atoms with Crippen LogP contribution in [0.2, 0.25) is 0 Å². The summed E-state index contributed by atoms with van der Waals surface area (Å²) in [5.41, 5.74) is 0. The van der Waals surface area contributed by atoms with Crippen LogP contribution in [0.15, 0.2) is 14.3 Å². The molecule has 0 bridgehead atoms. The van der Waals surface area contributed by atoms with E-state index in [1.165, 1.54) is 18.3 Å². The number of likely N-dealkylation sites (N-methyl/N-ethyl adjacent to an activating group) is 1. The highest BCUT2D eigenvalue weighted by molar-refractivity contribution is 9.13. The molecule has 0 aromatic carbocycles. The van der Waals surface area contributed by atoms with E-state index in [0.29, 0.717) is 24.4 Å². The quantitative estimate of drug-likeness (QED) is 0.422. The molecular weight excluding hydrogens is 516 g/mol. The lowest BCUT2D eigenvalue weighted by atomic mass is 10.2. The second kappa shape index (κ2) is 12.2. The van der Waals surface area contributed by atoms with E-state index in [-0.39, 0.29) is 36.9 Å². The fourth-order valence-corrected chi connectivity index (χ4v) is 4.16. The van der Waals surface area contributed by atoms with Gasteiger partial charge < -0.3 is 20.9 Å². The predicted octanol–water partition coefficient (Wildman–Crippen LogP) is 1.88. The molecule has 0 unspecified atom stereocenters. The van der Waals surface area contributed by atoms with Gasteiger partial charge in [-0.25, -0.2) is 0 Å². The molecule has 0 saturated heterocycles. The maximum absolute atomic E-state index is 12.4. The Hall–Kier alpha value is -1.46. The molecule has 1 aromatic heterocycles. The summed E-state index contributed by atoms with van der Waals surface area (Å²) in [7, 11) is 0. The van der Waals surface area contributed by atoms with Crippen molar-refractivity contribution in [2.75, 3.05) is 26.2 Å². The Morgan fingerprint density at radius 2 is 1.82 bits per heavy atom. The lowest BCUT2D eigenvalue weighted by Crippen LogP contribution is -2.48. The lowest BCUT2D eigenvalue weighted by Gasteiger charge is -2.26. The Kier molecular flexibility index (Phi) is 10.7. The molecule has 3 N–H and O–H groups in total. The second-order valence-electron chi connectivity index (χ2n) is 5.93. The Labute approximate surface area is 185 Å². The number of carbonyl (C=O) groups is 4. The van der Waals surface area contributed by atoms with Crippen LogP contribution in [-0.2, 0) is 14.4 Å². The Bertz CT molecular complexity index is 707. The van der Waals surface area contributed by atoms with E-state index in [4.69, 9.17) is 0 Å². The molecule has 1 atom stereocenters. The Morgan fingerprint density at radius 3 is 2.32 bits per heavy atom. The number of carbonyl (C=O) groups excluding carboxylic acids is 4. The zero-order valence-corrected chi connectivity index (χ0v) is 19.9. The number of nitrogens with zero attached hydrogens (tertiary/aromatic N) is 1. The van der Waals surface area contributed by atoms with Crippen LogP contribution in [-0.4, -0.2) is 60.7 Å². The standard InChI is InChI=1S/C17H24Br2N4O4S/c1-4-11(22-17(27)13-6-12(18)16(19)28-13)9-23(5-2)15(26)8-21-14(25)7-20-10(3)24/h6,11H,4-5,7-9H2,1-3H3,(H,20,24)(H,21,25)(H,22,27)/t11-/m0/s1. The van der Waals surface area contributed by atoms with Crippen LogP contribution in [0.5, 0.6) is 0 Å². The van der Waals surface area contributed by atoms with Gasteiger partial charge in [0.25, 0.3) is 5.91 Å². The first-order valence-corrected chi connectivity index (χ1v) is 11.1. The molecular formula is C17H24Br2N4O4S. The molecule has 0 aliphatic carbocycles. The summed E-state index contributed by atoms with van der Waals surface area (Å²) >= 11 is 8.05. The number of hydrogen-bond donors (Lipinski definition) is 3. The van der Waals surface area contributed by atoms with Gasteiger partial charge in [0.05, 0.1) is 21.8 Å². The van der Waals surface area contributed by atoms with Crippen molar-refractivity contribution in [2.24, 2.45) is 0 Å². The summed E-state index contributed by atoms with van der Waals surface area (Å²) in [5, 5.41) is 7.79. The minimum Gasteiger partial charge on any atom is -0.347 e. The third-order valence-corrected chi connectivity index (χ3v) is 7.06. The van der Waals surface area contributed by atoms with Crippen LogP contribution in [0.4, 0.5) is 0 Å². The lowest BCUT2D eigenvalue weighted by molar-refractivity contribution is -0.133. The maximum Gasteiger partial charge on any atom is 0.261 e. The molecule has 0 fully saturated rings. The minimum atomic E-state index is -0.436. The summed E-state index contributed by atoms with van der Waals surface area (Å²) < 4.78 is 1.65. The number of halogens is 2. The highest BCUT2D eigenvalue weighted by atomic mass is 79.9. The first kappa shape index (κ1) is 24.6. The van der Waals surface area contributed by atoms with Gasteiger partial charge >= 0.3 is 0 Å². The molecule has 1 heterocycles. The molecule has 0 aliphatic rings. The molecule has 4 amide bonds. The Balaban J connectivity index is 2.57. The molecule has 1 aromatic rings. The van der Waals surface area contributed by atoms with Gasteiger partial charge in [0.1, 0.15) is 0 Å². The molecule has 0 saturated carbocycles. The van der Waals surface area contributed by atoms with Crippen LogP contribution in [0, 0.1) is 0 Å². The summed E-state index contributed by atoms with van der Waals surface area (Å²) in [6.45, 7) is 5.52. The largest absolute Gasteiger partial charge is 0.347 e. The van der Waals surface area contributed by atoms with Gasteiger partial charge in [-0.05, 0) is 51.3 Å². The van der Waals surface area contributed by atoms with E-state index < -0.39 is 5.91 Å². The van der Waals surface area contributed by atoms with Crippen LogP contribution in [0.3, 0.4) is 0 Å². The van der Waals surface area contributed by atoms with Crippen molar-refractivity contribution in [3.05, 3.63) is 19.2 Å². The van der Waals surface area contributed by atoms with Crippen LogP contribution < -0.4 is 16.0 Å². The van der Waals surface area contributed by atoms with Crippen LogP contribution >= 0.6 is 43.2 Å². The van der Waals surface area contributed by atoms with Crippen molar-refractivity contribution in [3.8, 4) is 0 Å². The molecule has 11 heteroatoms. The number of hydrogen-bond acceptors (Lipinski definition) is 5. The van der Waals surface area contributed by atoms with Gasteiger partial charge in [0.15, 0.2) is 0 Å². The van der Waals surface area contributed by atoms with Crippen molar-refractivity contribution in [1.82, 2.24) is 20.9 Å². The van der Waals surface area contributed by atoms with Crippen molar-refractivity contribution in [2.45, 2.75) is 33.2 Å². The van der Waals surface area contributed by atoms with Gasteiger partial charge in [-0.3, -0.25) is 19.2 Å². The summed E-state index contributed by atoms with van der Waals surface area (Å²) in [4.78, 5) is 49.4. The first-order chi connectivity index (χ1) is 13.2. The predicted molar refractivity (Wildman–Crippen MR) is 115 cm³/mol. The smallest absolute Gasteiger partial charge is 0.261 e. The van der Waals surface area contributed by atoms with E-state index in [0.717, 1.165) is 8.26 Å². The zero-order valence-electron chi connectivity index (χ0n) is 15.9. The monoisotopic (exact) mass is 538 g/mol. The molecule has 28 heavy (non-hydrogen) atoms. The van der Waals surface area contributed by atoms with Crippen molar-refractivity contribution in [1.29, 1.82) is 0 Å². The number of amides is 4.